The van der Waals surface area contributed by atoms with Gasteiger partial charge in [-0.2, -0.15) is 0 Å². The van der Waals surface area contributed by atoms with Crippen molar-refractivity contribution in [2.45, 2.75) is 90.6 Å². The number of rotatable bonds is 12. The lowest BCUT2D eigenvalue weighted by atomic mass is 10.0. The molecule has 3 nitrogen and oxygen atoms in total. The molecule has 18 heavy (non-hydrogen) atoms. The average molecular weight is 257 g/mol. The number of nitrogens with one attached hydrogen (secondary N) is 1. The van der Waals surface area contributed by atoms with E-state index in [4.69, 9.17) is 5.11 Å². The second-order valence-corrected chi connectivity index (χ2v) is 5.30. The number of hydrogen-bond acceptors (Lipinski definition) is 2. The summed E-state index contributed by atoms with van der Waals surface area (Å²) in [5.74, 6) is -0.707. The fourth-order valence-corrected chi connectivity index (χ4v) is 2.17. The zero-order valence-corrected chi connectivity index (χ0v) is 12.4. The minimum absolute atomic E-state index is 0.310. The van der Waals surface area contributed by atoms with Gasteiger partial charge in [0.25, 0.3) is 0 Å². The smallest absolute Gasteiger partial charge is 0.320 e. The third-order valence-electron chi connectivity index (χ3n) is 3.37. The average Bonchev–Trinajstić information content (AvgIpc) is 2.33. The van der Waals surface area contributed by atoms with E-state index in [0.29, 0.717) is 6.04 Å². The molecule has 0 aliphatic carbocycles. The molecule has 2 N–H and O–H groups in total. The molecule has 0 saturated carbocycles. The molecule has 0 aromatic heterocycles. The molecule has 0 saturated heterocycles. The minimum Gasteiger partial charge on any atom is -0.480 e. The Balaban J connectivity index is 3.73. The zero-order chi connectivity index (χ0) is 13.8. The lowest BCUT2D eigenvalue weighted by Gasteiger charge is -2.20. The Morgan fingerprint density at radius 1 is 1.00 bits per heavy atom. The van der Waals surface area contributed by atoms with Crippen LogP contribution in [0.25, 0.3) is 0 Å². The Morgan fingerprint density at radius 2 is 1.61 bits per heavy atom. The van der Waals surface area contributed by atoms with E-state index in [9.17, 15) is 4.79 Å². The van der Waals surface area contributed by atoms with Crippen molar-refractivity contribution in [2.75, 3.05) is 0 Å². The number of carbonyl (C=O) groups is 1. The van der Waals surface area contributed by atoms with Gasteiger partial charge in [0.15, 0.2) is 0 Å². The van der Waals surface area contributed by atoms with E-state index < -0.39 is 5.97 Å². The first-order chi connectivity index (χ1) is 8.61. The lowest BCUT2D eigenvalue weighted by molar-refractivity contribution is -0.139. The molecule has 0 rings (SSSR count). The third kappa shape index (κ3) is 9.46. The number of unbranched alkanes of at least 4 members (excludes halogenated alkanes) is 5. The molecule has 0 aliphatic rings. The first-order valence-corrected chi connectivity index (χ1v) is 7.60. The van der Waals surface area contributed by atoms with E-state index in [2.05, 4.69) is 26.1 Å². The van der Waals surface area contributed by atoms with Crippen LogP contribution in [0, 0.1) is 0 Å². The molecular formula is C15H31NO2. The molecule has 3 heteroatoms. The molecule has 108 valence electrons. The summed E-state index contributed by atoms with van der Waals surface area (Å²) in [7, 11) is 0. The summed E-state index contributed by atoms with van der Waals surface area (Å²) in [5.41, 5.74) is 0. The molecule has 0 radical (unpaired) electrons. The topological polar surface area (TPSA) is 49.3 Å². The van der Waals surface area contributed by atoms with Crippen molar-refractivity contribution in [2.24, 2.45) is 0 Å². The molecule has 0 aliphatic heterocycles. The number of carboxylic acid groups (broad SMARTS) is 1. The molecule has 0 aromatic carbocycles. The largest absolute Gasteiger partial charge is 0.480 e. The molecule has 0 heterocycles. The number of carboxylic acids is 1. The van der Waals surface area contributed by atoms with Gasteiger partial charge in [0, 0.05) is 6.04 Å². The van der Waals surface area contributed by atoms with Crippen LogP contribution in [0.1, 0.15) is 78.6 Å². The van der Waals surface area contributed by atoms with Crippen LogP contribution in [0.15, 0.2) is 0 Å². The molecule has 0 amide bonds. The van der Waals surface area contributed by atoms with Gasteiger partial charge in [-0.3, -0.25) is 4.79 Å². The predicted octanol–water partition coefficient (Wildman–Crippen LogP) is 3.97. The summed E-state index contributed by atoms with van der Waals surface area (Å²) in [6, 6.07) is -0.0554. The van der Waals surface area contributed by atoms with Crippen LogP contribution in [0.2, 0.25) is 0 Å². The van der Waals surface area contributed by atoms with Crippen LogP contribution < -0.4 is 5.32 Å². The number of aliphatic carboxylic acids is 1. The Labute approximate surface area is 112 Å². The fourth-order valence-electron chi connectivity index (χ4n) is 2.17. The molecule has 0 aromatic rings. The van der Waals surface area contributed by atoms with Crippen molar-refractivity contribution in [1.82, 2.24) is 5.32 Å². The Kier molecular flexibility index (Phi) is 11.2. The van der Waals surface area contributed by atoms with Crippen LogP contribution >= 0.6 is 0 Å². The Hall–Kier alpha value is -0.570. The van der Waals surface area contributed by atoms with Gasteiger partial charge >= 0.3 is 5.97 Å². The third-order valence-corrected chi connectivity index (χ3v) is 3.37. The van der Waals surface area contributed by atoms with Crippen molar-refractivity contribution >= 4 is 5.97 Å². The first kappa shape index (κ1) is 17.4. The van der Waals surface area contributed by atoms with Gasteiger partial charge in [-0.15, -0.1) is 0 Å². The fraction of sp³-hybridized carbons (Fsp3) is 0.933. The summed E-state index contributed by atoms with van der Waals surface area (Å²) in [6.07, 6.45) is 10.2. The highest BCUT2D eigenvalue weighted by Crippen LogP contribution is 2.09. The Morgan fingerprint density at radius 3 is 2.17 bits per heavy atom. The van der Waals surface area contributed by atoms with E-state index in [1.54, 1.807) is 0 Å². The van der Waals surface area contributed by atoms with Crippen LogP contribution in [-0.4, -0.2) is 23.2 Å². The van der Waals surface area contributed by atoms with Crippen LogP contribution in [0.3, 0.4) is 0 Å². The van der Waals surface area contributed by atoms with Gasteiger partial charge in [-0.05, 0) is 19.8 Å². The summed E-state index contributed by atoms with van der Waals surface area (Å²) in [5, 5.41) is 12.4. The molecule has 0 bridgehead atoms. The van der Waals surface area contributed by atoms with Crippen LogP contribution in [0.4, 0.5) is 0 Å². The standard InChI is InChI=1S/C15H31NO2/c1-4-6-8-9-10-11-13(3)16-14(15(17)18)12-7-5-2/h13-14,16H,4-12H2,1-3H3,(H,17,18)/t13?,14-/m0/s1. The highest BCUT2D eigenvalue weighted by Gasteiger charge is 2.18. The van der Waals surface area contributed by atoms with Crippen LogP contribution in [-0.2, 0) is 4.79 Å². The minimum atomic E-state index is -0.707. The van der Waals surface area contributed by atoms with Gasteiger partial charge < -0.3 is 10.4 Å². The maximum atomic E-state index is 11.1. The van der Waals surface area contributed by atoms with Crippen molar-refractivity contribution in [3.05, 3.63) is 0 Å². The van der Waals surface area contributed by atoms with Gasteiger partial charge in [0.05, 0.1) is 0 Å². The highest BCUT2D eigenvalue weighted by molar-refractivity contribution is 5.73. The van der Waals surface area contributed by atoms with Crippen molar-refractivity contribution < 1.29 is 9.90 Å². The summed E-state index contributed by atoms with van der Waals surface area (Å²) in [4.78, 5) is 11.1. The Bertz CT molecular complexity index is 207. The second-order valence-electron chi connectivity index (χ2n) is 5.30. The van der Waals surface area contributed by atoms with E-state index in [1.807, 2.05) is 0 Å². The lowest BCUT2D eigenvalue weighted by Crippen LogP contribution is -2.42. The summed E-state index contributed by atoms with van der Waals surface area (Å²) < 4.78 is 0. The normalized spacial score (nSPS) is 14.4. The molecule has 1 unspecified atom stereocenters. The van der Waals surface area contributed by atoms with Crippen LogP contribution in [0.5, 0.6) is 0 Å². The molecule has 0 fully saturated rings. The van der Waals surface area contributed by atoms with Gasteiger partial charge in [-0.1, -0.05) is 58.8 Å². The predicted molar refractivity (Wildman–Crippen MR) is 76.9 cm³/mol. The van der Waals surface area contributed by atoms with Gasteiger partial charge in [0.1, 0.15) is 6.04 Å². The van der Waals surface area contributed by atoms with E-state index in [0.717, 1.165) is 25.7 Å². The van der Waals surface area contributed by atoms with Gasteiger partial charge in [-0.25, -0.2) is 0 Å². The molecule has 0 spiro atoms. The molecule has 2 atom stereocenters. The highest BCUT2D eigenvalue weighted by atomic mass is 16.4. The zero-order valence-electron chi connectivity index (χ0n) is 12.4. The van der Waals surface area contributed by atoms with E-state index in [1.165, 1.54) is 32.1 Å². The summed E-state index contributed by atoms with van der Waals surface area (Å²) in [6.45, 7) is 6.41. The van der Waals surface area contributed by atoms with Crippen molar-refractivity contribution in [1.29, 1.82) is 0 Å². The monoisotopic (exact) mass is 257 g/mol. The van der Waals surface area contributed by atoms with Gasteiger partial charge in [0.2, 0.25) is 0 Å². The maximum Gasteiger partial charge on any atom is 0.320 e. The summed E-state index contributed by atoms with van der Waals surface area (Å²) >= 11 is 0. The second kappa shape index (κ2) is 11.5. The quantitative estimate of drug-likeness (QED) is 0.520. The SMILES string of the molecule is CCCCCCCC(C)N[C@@H](CCCC)C(=O)O. The van der Waals surface area contributed by atoms with E-state index in [-0.39, 0.29) is 6.04 Å². The van der Waals surface area contributed by atoms with Crippen molar-refractivity contribution in [3.63, 3.8) is 0 Å². The molecular weight excluding hydrogens is 226 g/mol. The number of hydrogen-bond donors (Lipinski definition) is 2. The first-order valence-electron chi connectivity index (χ1n) is 7.60. The van der Waals surface area contributed by atoms with Crippen molar-refractivity contribution in [3.8, 4) is 0 Å². The van der Waals surface area contributed by atoms with E-state index >= 15 is 0 Å². The maximum absolute atomic E-state index is 11.1.